The van der Waals surface area contributed by atoms with Gasteiger partial charge < -0.3 is 38.3 Å². The van der Waals surface area contributed by atoms with E-state index in [0.717, 1.165) is 88.9 Å². The molecule has 78 heavy (non-hydrogen) atoms. The fourth-order valence-electron chi connectivity index (χ4n) is 15.8. The summed E-state index contributed by atoms with van der Waals surface area (Å²) in [6.45, 7) is 31.5. The Bertz CT molecular complexity index is 2160. The Kier molecular flexibility index (Phi) is 17.8. The molecule has 13 fully saturated rings. The fraction of sp³-hybridized carbons (Fsp3) is 0.906. The Morgan fingerprint density at radius 2 is 0.859 bits per heavy atom. The molecule has 12 saturated carbocycles. The molecule has 1 N–H and O–H groups in total. The first-order valence-electron chi connectivity index (χ1n) is 30.7. The van der Waals surface area contributed by atoms with Crippen molar-refractivity contribution in [2.75, 3.05) is 6.61 Å². The van der Waals surface area contributed by atoms with E-state index in [1.54, 1.807) is 13.8 Å². The van der Waals surface area contributed by atoms with E-state index in [9.17, 15) is 33.9 Å². The number of esters is 5. The van der Waals surface area contributed by atoms with Gasteiger partial charge in [0.05, 0.1) is 33.9 Å². The summed E-state index contributed by atoms with van der Waals surface area (Å²) in [5, 5.41) is 10.6. The molecule has 0 aromatic rings. The molecule has 12 bridgehead atoms. The Morgan fingerprint density at radius 3 is 1.23 bits per heavy atom. The Labute approximate surface area is 468 Å². The third kappa shape index (κ3) is 13.9. The molecule has 0 radical (unpaired) electrons. The van der Waals surface area contributed by atoms with Gasteiger partial charge >= 0.3 is 36.0 Å². The van der Waals surface area contributed by atoms with Crippen LogP contribution >= 0.6 is 0 Å². The summed E-state index contributed by atoms with van der Waals surface area (Å²) in [4.78, 5) is 72.5. The third-order valence-electron chi connectivity index (χ3n) is 21.2. The number of carbonyl (C=O) groups excluding carboxylic acids is 6. The number of ether oxygens (including phenoxy) is 7. The second-order valence-electron chi connectivity index (χ2n) is 30.7. The smallest absolute Gasteiger partial charge is 0.463 e. The van der Waals surface area contributed by atoms with Gasteiger partial charge in [0.25, 0.3) is 0 Å². The topological polar surface area (TPSA) is 187 Å². The van der Waals surface area contributed by atoms with Gasteiger partial charge in [-0.1, -0.05) is 27.7 Å². The molecule has 13 rings (SSSR count). The van der Waals surface area contributed by atoms with E-state index in [1.807, 2.05) is 83.1 Å². The molecule has 14 heteroatoms. The van der Waals surface area contributed by atoms with Crippen molar-refractivity contribution in [3.8, 4) is 0 Å². The minimum Gasteiger partial charge on any atom is -0.463 e. The van der Waals surface area contributed by atoms with E-state index >= 15 is 0 Å². The SMILES string of the molecule is CCC(C)(C)C(=O)OC1(C)C2CC3CC(C2)CC1C3.CCC(C)(C)C(=O)OC12CC3CC(CC(O)(C3)C1)C2.CCC(C)(C)C(=O)OC12CC3CC(CC(OC(=O)OC(C)(C)C)(C3)C1)C2.CCC(C)(C)C(=O)OC1CCOC1=O. The van der Waals surface area contributed by atoms with Crippen LogP contribution in [0.1, 0.15) is 252 Å². The number of hydrogen-bond donors (Lipinski definition) is 1. The van der Waals surface area contributed by atoms with Crippen molar-refractivity contribution in [1.29, 1.82) is 0 Å². The second-order valence-corrected chi connectivity index (χ2v) is 30.7. The quantitative estimate of drug-likeness (QED) is 0.135. The van der Waals surface area contributed by atoms with Crippen molar-refractivity contribution < 1.29 is 67.0 Å². The monoisotopic (exact) mass is 1100 g/mol. The molecule has 0 spiro atoms. The van der Waals surface area contributed by atoms with Crippen molar-refractivity contribution in [3.05, 3.63) is 0 Å². The average Bonchev–Trinajstić information content (AvgIpc) is 3.71. The third-order valence-corrected chi connectivity index (χ3v) is 21.2. The van der Waals surface area contributed by atoms with Crippen molar-refractivity contribution in [2.24, 2.45) is 69.0 Å². The lowest BCUT2D eigenvalue weighted by Gasteiger charge is -2.60. The highest BCUT2D eigenvalue weighted by Gasteiger charge is 2.63. The Balaban J connectivity index is 0.000000154. The van der Waals surface area contributed by atoms with Gasteiger partial charge in [-0.2, -0.15) is 0 Å². The molecule has 5 atom stereocenters. The molecule has 0 aromatic carbocycles. The lowest BCUT2D eigenvalue weighted by atomic mass is 9.50. The Morgan fingerprint density at radius 1 is 0.500 bits per heavy atom. The lowest BCUT2D eigenvalue weighted by molar-refractivity contribution is -0.230. The van der Waals surface area contributed by atoms with Gasteiger partial charge in [0.15, 0.2) is 0 Å². The van der Waals surface area contributed by atoms with Crippen LogP contribution in [-0.2, 0) is 57.1 Å². The molecule has 14 nitrogen and oxygen atoms in total. The number of rotatable bonds is 13. The minimum atomic E-state index is -0.687. The van der Waals surface area contributed by atoms with E-state index < -0.39 is 56.9 Å². The first kappa shape index (κ1) is 62.2. The summed E-state index contributed by atoms with van der Waals surface area (Å²) < 4.78 is 39.3. The number of cyclic esters (lactones) is 1. The van der Waals surface area contributed by atoms with E-state index in [4.69, 9.17) is 33.2 Å². The van der Waals surface area contributed by atoms with Crippen LogP contribution in [0.3, 0.4) is 0 Å². The molecular formula is C64H104O14. The molecule has 13 aliphatic rings. The summed E-state index contributed by atoms with van der Waals surface area (Å²) in [5.74, 6) is 4.18. The fourth-order valence-corrected chi connectivity index (χ4v) is 15.8. The molecule has 0 amide bonds. The summed E-state index contributed by atoms with van der Waals surface area (Å²) in [6.07, 6.45) is 19.8. The lowest BCUT2D eigenvalue weighted by Crippen LogP contribution is -2.62. The zero-order valence-corrected chi connectivity index (χ0v) is 51.2. The van der Waals surface area contributed by atoms with Crippen LogP contribution in [0.4, 0.5) is 4.79 Å². The van der Waals surface area contributed by atoms with Crippen molar-refractivity contribution in [2.45, 2.75) is 292 Å². The molecule has 1 saturated heterocycles. The molecule has 12 aliphatic carbocycles. The van der Waals surface area contributed by atoms with Gasteiger partial charge in [-0.05, 0) is 252 Å². The summed E-state index contributed by atoms with van der Waals surface area (Å²) in [5.41, 5.74) is -4.43. The highest BCUT2D eigenvalue weighted by atomic mass is 16.7. The van der Waals surface area contributed by atoms with Crippen LogP contribution in [0.15, 0.2) is 0 Å². The van der Waals surface area contributed by atoms with Gasteiger partial charge in [-0.15, -0.1) is 0 Å². The summed E-state index contributed by atoms with van der Waals surface area (Å²) in [6, 6.07) is 0. The average molecular weight is 1100 g/mol. The van der Waals surface area contributed by atoms with Crippen LogP contribution < -0.4 is 0 Å². The number of carbonyl (C=O) groups is 6. The largest absolute Gasteiger partial charge is 0.509 e. The maximum atomic E-state index is 12.7. The predicted octanol–water partition coefficient (Wildman–Crippen LogP) is 13.5. The summed E-state index contributed by atoms with van der Waals surface area (Å²) >= 11 is 0. The molecule has 5 unspecified atom stereocenters. The first-order chi connectivity index (χ1) is 35.9. The molecule has 444 valence electrons. The van der Waals surface area contributed by atoms with Crippen molar-refractivity contribution >= 4 is 36.0 Å². The second kappa shape index (κ2) is 22.4. The zero-order valence-electron chi connectivity index (χ0n) is 51.2. The molecular weight excluding hydrogens is 993 g/mol. The summed E-state index contributed by atoms with van der Waals surface area (Å²) in [7, 11) is 0. The van der Waals surface area contributed by atoms with Gasteiger partial charge in [-0.25, -0.2) is 9.59 Å². The Hall–Kier alpha value is -3.42. The van der Waals surface area contributed by atoms with E-state index in [-0.39, 0.29) is 40.5 Å². The maximum absolute atomic E-state index is 12.7. The van der Waals surface area contributed by atoms with Crippen LogP contribution in [0.2, 0.25) is 0 Å². The standard InChI is InChI=1S/C21H34O5.C17H28O2.C16H26O3.C10H16O4/c1-7-19(5,6)16(22)24-20-9-14-8-15(10-20)12-21(11-14,13-20)26-17(23)25-18(2,3)4;1-5-16(2,3)15(18)19-17(4)13-7-11-6-12(9-13)10-14(17)8-11;1-4-14(2,3)13(17)19-16-8-11-5-12(9-16)7-15(18,6-11)10-16;1-4-10(2,3)9(12)14-7-5-6-13-8(7)11/h14-15H,7-13H2,1-6H3;11-14H,5-10H2,1-4H3;11-12,18H,4-10H2,1-3H3;7H,4-6H2,1-3H3. The first-order valence-corrected chi connectivity index (χ1v) is 30.7. The maximum Gasteiger partial charge on any atom is 0.509 e. The van der Waals surface area contributed by atoms with Crippen LogP contribution in [0.25, 0.3) is 0 Å². The highest BCUT2D eigenvalue weighted by Crippen LogP contribution is 2.63. The van der Waals surface area contributed by atoms with Crippen molar-refractivity contribution in [3.63, 3.8) is 0 Å². The minimum absolute atomic E-state index is 0.0185. The number of hydrogen-bond acceptors (Lipinski definition) is 14. The van der Waals surface area contributed by atoms with Gasteiger partial charge in [0.1, 0.15) is 28.0 Å². The normalized spacial score (nSPS) is 37.6. The van der Waals surface area contributed by atoms with Crippen LogP contribution in [-0.4, -0.2) is 87.4 Å². The van der Waals surface area contributed by atoms with Gasteiger partial charge in [-0.3, -0.25) is 19.2 Å². The van der Waals surface area contributed by atoms with Gasteiger partial charge in [0, 0.05) is 19.3 Å². The van der Waals surface area contributed by atoms with Gasteiger partial charge in [0.2, 0.25) is 6.10 Å². The van der Waals surface area contributed by atoms with E-state index in [1.165, 1.54) is 38.5 Å². The van der Waals surface area contributed by atoms with E-state index in [2.05, 4.69) is 13.8 Å². The molecule has 0 aromatic heterocycles. The van der Waals surface area contributed by atoms with Crippen LogP contribution in [0.5, 0.6) is 0 Å². The van der Waals surface area contributed by atoms with E-state index in [0.29, 0.717) is 67.8 Å². The van der Waals surface area contributed by atoms with Crippen LogP contribution in [0, 0.1) is 69.0 Å². The predicted molar refractivity (Wildman–Crippen MR) is 295 cm³/mol. The molecule has 1 aliphatic heterocycles. The highest BCUT2D eigenvalue weighted by molar-refractivity contribution is 5.83. The molecule has 1 heterocycles. The van der Waals surface area contributed by atoms with Crippen molar-refractivity contribution in [1.82, 2.24) is 0 Å². The zero-order chi connectivity index (χ0) is 57.9. The number of aliphatic hydroxyl groups is 1.